The van der Waals surface area contributed by atoms with Crippen LogP contribution in [0.15, 0.2) is 0 Å². The molecule has 2 heterocycles. The van der Waals surface area contributed by atoms with E-state index in [-0.39, 0.29) is 6.54 Å². The Balaban J connectivity index is 2.58. The van der Waals surface area contributed by atoms with Crippen LogP contribution in [-0.4, -0.2) is 110 Å². The molecule has 17 heteroatoms. The Bertz CT molecular complexity index is 1050. The molecule has 2 aliphatic heterocycles. The van der Waals surface area contributed by atoms with Crippen molar-refractivity contribution in [2.24, 2.45) is 0 Å². The molecule has 2 fully saturated rings. The lowest BCUT2D eigenvalue weighted by molar-refractivity contribution is -0.290. The van der Waals surface area contributed by atoms with Gasteiger partial charge >= 0.3 is 29.8 Å². The lowest BCUT2D eigenvalue weighted by Crippen LogP contribution is -2.68. The van der Waals surface area contributed by atoms with Crippen LogP contribution in [0.3, 0.4) is 0 Å². The minimum atomic E-state index is -1.55. The van der Waals surface area contributed by atoms with Crippen LogP contribution in [0, 0.1) is 0 Å². The van der Waals surface area contributed by atoms with E-state index >= 15 is 0 Å². The molecule has 0 bridgehead atoms. The highest BCUT2D eigenvalue weighted by Crippen LogP contribution is 2.34. The van der Waals surface area contributed by atoms with E-state index in [1.54, 1.807) is 0 Å². The van der Waals surface area contributed by atoms with E-state index in [0.29, 0.717) is 0 Å². The summed E-state index contributed by atoms with van der Waals surface area (Å²) in [4.78, 5) is 83.3. The quantitative estimate of drug-likeness (QED) is 0.200. The van der Waals surface area contributed by atoms with E-state index in [2.05, 4.69) is 10.6 Å². The lowest BCUT2D eigenvalue weighted by atomic mass is 9.95. The van der Waals surface area contributed by atoms with Gasteiger partial charge in [0.15, 0.2) is 24.6 Å². The van der Waals surface area contributed by atoms with E-state index in [4.69, 9.17) is 37.9 Å². The first kappa shape index (κ1) is 34.4. The van der Waals surface area contributed by atoms with Gasteiger partial charge in [-0.05, 0) is 0 Å². The Morgan fingerprint density at radius 3 is 1.60 bits per heavy atom. The van der Waals surface area contributed by atoms with Crippen LogP contribution in [0.5, 0.6) is 0 Å². The van der Waals surface area contributed by atoms with Gasteiger partial charge in [-0.15, -0.1) is 0 Å². The smallest absolute Gasteiger partial charge is 0.305 e. The Labute approximate surface area is 241 Å². The Kier molecular flexibility index (Phi) is 12.6. The van der Waals surface area contributed by atoms with Crippen molar-refractivity contribution >= 4 is 41.7 Å². The Morgan fingerprint density at radius 1 is 0.571 bits per heavy atom. The van der Waals surface area contributed by atoms with Crippen molar-refractivity contribution in [2.45, 2.75) is 104 Å². The topological polar surface area (TPSA) is 217 Å². The van der Waals surface area contributed by atoms with Crippen LogP contribution in [-0.2, 0) is 71.5 Å². The number of carbonyl (C=O) groups excluding carboxylic acids is 7. The maximum absolute atomic E-state index is 12.2. The van der Waals surface area contributed by atoms with Gasteiger partial charge in [0.05, 0.1) is 0 Å². The molecule has 2 saturated heterocycles. The monoisotopic (exact) mass is 604 g/mol. The molecule has 0 saturated carbocycles. The highest BCUT2D eigenvalue weighted by atomic mass is 16.8. The van der Waals surface area contributed by atoms with Crippen LogP contribution >= 0.6 is 0 Å². The summed E-state index contributed by atoms with van der Waals surface area (Å²) in [6, 6.07) is -1.34. The lowest BCUT2D eigenvalue weighted by Gasteiger charge is -2.46. The van der Waals surface area contributed by atoms with Gasteiger partial charge in [0.2, 0.25) is 18.1 Å². The molecule has 2 amide bonds. The molecule has 0 radical (unpaired) electrons. The summed E-state index contributed by atoms with van der Waals surface area (Å²) < 4.78 is 44.3. The van der Waals surface area contributed by atoms with Gasteiger partial charge in [0.25, 0.3) is 0 Å². The van der Waals surface area contributed by atoms with Crippen LogP contribution in [0.2, 0.25) is 0 Å². The third kappa shape index (κ3) is 10.2. The number of hydrogen-bond acceptors (Lipinski definition) is 15. The van der Waals surface area contributed by atoms with Gasteiger partial charge in [-0.25, -0.2) is 0 Å². The highest BCUT2D eigenvalue weighted by Gasteiger charge is 2.56. The summed E-state index contributed by atoms with van der Waals surface area (Å²) in [5.41, 5.74) is 0. The highest BCUT2D eigenvalue weighted by molar-refractivity contribution is 5.74. The van der Waals surface area contributed by atoms with E-state index in [0.717, 1.165) is 41.5 Å². The number of esters is 5. The zero-order chi connectivity index (χ0) is 31.7. The second-order valence-electron chi connectivity index (χ2n) is 9.48. The summed E-state index contributed by atoms with van der Waals surface area (Å²) in [6.07, 6.45) is -10.9. The summed E-state index contributed by atoms with van der Waals surface area (Å²) in [5.74, 6) is -4.95. The normalized spacial score (nSPS) is 30.3. The van der Waals surface area contributed by atoms with Crippen molar-refractivity contribution in [3.05, 3.63) is 0 Å². The predicted molar refractivity (Wildman–Crippen MR) is 134 cm³/mol. The number of ether oxygens (including phenoxy) is 8. The third-order valence-corrected chi connectivity index (χ3v) is 5.77. The molecule has 0 aromatic rings. The Hall–Kier alpha value is -3.83. The minimum Gasteiger partial charge on any atom is -0.463 e. The van der Waals surface area contributed by atoms with Crippen molar-refractivity contribution in [2.75, 3.05) is 13.2 Å². The minimum absolute atomic E-state index is 0.251. The van der Waals surface area contributed by atoms with Crippen molar-refractivity contribution in [3.8, 4) is 0 Å². The molecule has 0 aliphatic carbocycles. The fourth-order valence-electron chi connectivity index (χ4n) is 4.40. The first-order chi connectivity index (χ1) is 19.6. The molecule has 0 unspecified atom stereocenters. The average Bonchev–Trinajstić information content (AvgIpc) is 3.13. The zero-order valence-corrected chi connectivity index (χ0v) is 24.2. The van der Waals surface area contributed by atoms with Gasteiger partial charge in [-0.2, -0.15) is 0 Å². The van der Waals surface area contributed by atoms with E-state index in [1.807, 2.05) is 0 Å². The SMILES string of the molecule is CC(=O)NC[C@@H]1O[C@H](O[C@H]2[C@@H](OC(C)=O)[C@@H](OC(C)=O)O[C@@H]2COC(C)=O)[C@H](NC(C)=O)[C@@H](OC(C)=O)[C@@H]1OC(C)=O. The van der Waals surface area contributed by atoms with Gasteiger partial charge in [-0.3, -0.25) is 33.6 Å². The van der Waals surface area contributed by atoms with E-state index in [9.17, 15) is 33.6 Å². The van der Waals surface area contributed by atoms with Gasteiger partial charge < -0.3 is 48.5 Å². The molecular weight excluding hydrogens is 568 g/mol. The molecule has 0 aromatic carbocycles. The zero-order valence-electron chi connectivity index (χ0n) is 24.2. The van der Waals surface area contributed by atoms with Crippen LogP contribution < -0.4 is 10.6 Å². The molecular formula is C25H36N2O15. The molecule has 0 aromatic heterocycles. The summed E-state index contributed by atoms with van der Waals surface area (Å²) in [5, 5.41) is 5.07. The molecule has 0 spiro atoms. The first-order valence-electron chi connectivity index (χ1n) is 12.9. The summed E-state index contributed by atoms with van der Waals surface area (Å²) >= 11 is 0. The average molecular weight is 605 g/mol. The standard InChI is InChI=1S/C25H36N2O15/c1-10(28)26-8-17-20(36-13(4)31)22(37-14(5)32)19(27-11(2)29)24(40-17)42-21-18(9-35-12(3)30)41-25(39-16(7)34)23(21)38-15(6)33/h17-25H,8-9H2,1-7H3,(H,26,28)(H,27,29)/t17-,18+,19+,20+,21+,22+,23+,24+,25-/m0/s1. The molecule has 42 heavy (non-hydrogen) atoms. The largest absolute Gasteiger partial charge is 0.463 e. The predicted octanol–water partition coefficient (Wildman–Crippen LogP) is -1.62. The fourth-order valence-corrected chi connectivity index (χ4v) is 4.40. The summed E-state index contributed by atoms with van der Waals surface area (Å²) in [7, 11) is 0. The summed E-state index contributed by atoms with van der Waals surface area (Å²) in [6.45, 7) is 7.21. The second-order valence-corrected chi connectivity index (χ2v) is 9.48. The maximum atomic E-state index is 12.2. The number of rotatable bonds is 11. The maximum Gasteiger partial charge on any atom is 0.305 e. The van der Waals surface area contributed by atoms with Crippen molar-refractivity contribution < 1.29 is 71.5 Å². The molecule has 2 rings (SSSR count). The number of amides is 2. The van der Waals surface area contributed by atoms with Crippen molar-refractivity contribution in [1.29, 1.82) is 0 Å². The number of hydrogen-bond donors (Lipinski definition) is 2. The van der Waals surface area contributed by atoms with Gasteiger partial charge in [-0.1, -0.05) is 0 Å². The fraction of sp³-hybridized carbons (Fsp3) is 0.720. The van der Waals surface area contributed by atoms with Gasteiger partial charge in [0.1, 0.15) is 31.0 Å². The van der Waals surface area contributed by atoms with Crippen LogP contribution in [0.4, 0.5) is 0 Å². The second kappa shape index (κ2) is 15.4. The molecule has 2 aliphatic rings. The van der Waals surface area contributed by atoms with Crippen molar-refractivity contribution in [3.63, 3.8) is 0 Å². The first-order valence-corrected chi connectivity index (χ1v) is 12.9. The van der Waals surface area contributed by atoms with Crippen molar-refractivity contribution in [1.82, 2.24) is 10.6 Å². The van der Waals surface area contributed by atoms with Gasteiger partial charge in [0, 0.05) is 55.0 Å². The molecule has 9 atom stereocenters. The Morgan fingerprint density at radius 2 is 1.10 bits per heavy atom. The molecule has 17 nitrogen and oxygen atoms in total. The van der Waals surface area contributed by atoms with Crippen LogP contribution in [0.1, 0.15) is 48.5 Å². The van der Waals surface area contributed by atoms with Crippen LogP contribution in [0.25, 0.3) is 0 Å². The molecule has 2 N–H and O–H groups in total. The third-order valence-electron chi connectivity index (χ3n) is 5.77. The number of nitrogens with one attached hydrogen (secondary N) is 2. The molecule has 236 valence electrons. The van der Waals surface area contributed by atoms with E-state index < -0.39 is 104 Å². The van der Waals surface area contributed by atoms with E-state index in [1.165, 1.54) is 6.92 Å². The number of carbonyl (C=O) groups is 7.